The van der Waals surface area contributed by atoms with E-state index in [1.165, 1.54) is 6.21 Å². The van der Waals surface area contributed by atoms with Crippen LogP contribution in [0.25, 0.3) is 0 Å². The number of nitrogens with zero attached hydrogens (tertiary/aromatic N) is 1. The highest BCUT2D eigenvalue weighted by atomic mass is 35.5. The highest BCUT2D eigenvalue weighted by molar-refractivity contribution is 6.33. The first-order valence-electron chi connectivity index (χ1n) is 8.78. The van der Waals surface area contributed by atoms with Crippen molar-refractivity contribution in [2.24, 2.45) is 5.10 Å². The van der Waals surface area contributed by atoms with Crippen LogP contribution in [0.15, 0.2) is 77.9 Å². The van der Waals surface area contributed by atoms with Gasteiger partial charge in [0.2, 0.25) is 0 Å². The first-order valence-corrected chi connectivity index (χ1v) is 9.54. The molecule has 0 saturated carbocycles. The van der Waals surface area contributed by atoms with E-state index in [0.717, 1.165) is 0 Å². The van der Waals surface area contributed by atoms with Gasteiger partial charge in [-0.05, 0) is 66.2 Å². The molecule has 8 heteroatoms. The minimum absolute atomic E-state index is 0.185. The quantitative estimate of drug-likeness (QED) is 0.248. The first kappa shape index (κ1) is 21.4. The summed E-state index contributed by atoms with van der Waals surface area (Å²) in [5.74, 6) is -0.0700. The minimum atomic E-state index is -0.546. The molecule has 0 aliphatic carbocycles. The maximum Gasteiger partial charge on any atom is 0.345 e. The molecule has 0 atom stereocenters. The Bertz CT molecular complexity index is 1050. The van der Waals surface area contributed by atoms with Gasteiger partial charge in [0.25, 0.3) is 5.91 Å². The van der Waals surface area contributed by atoms with Crippen molar-refractivity contribution in [2.75, 3.05) is 6.61 Å². The molecule has 0 radical (unpaired) electrons. The Morgan fingerprint density at radius 2 is 1.57 bits per heavy atom. The van der Waals surface area contributed by atoms with Gasteiger partial charge in [-0.2, -0.15) is 5.10 Å². The molecule has 0 saturated heterocycles. The molecule has 1 amide bonds. The van der Waals surface area contributed by atoms with Crippen molar-refractivity contribution in [3.8, 4) is 11.5 Å². The number of hydrogen-bond acceptors (Lipinski definition) is 5. The third-order valence-electron chi connectivity index (χ3n) is 3.77. The molecule has 0 aliphatic rings. The Morgan fingerprint density at radius 1 is 0.900 bits per heavy atom. The Labute approximate surface area is 183 Å². The van der Waals surface area contributed by atoms with Gasteiger partial charge in [-0.25, -0.2) is 10.2 Å². The summed E-state index contributed by atoms with van der Waals surface area (Å²) in [7, 11) is 0. The molecule has 1 N–H and O–H groups in total. The van der Waals surface area contributed by atoms with Gasteiger partial charge >= 0.3 is 5.97 Å². The largest absolute Gasteiger partial charge is 0.484 e. The number of hydrazone groups is 1. The molecule has 6 nitrogen and oxygen atoms in total. The fourth-order valence-electron chi connectivity index (χ4n) is 2.30. The number of carbonyl (C=O) groups excluding carboxylic acids is 2. The van der Waals surface area contributed by atoms with Gasteiger partial charge < -0.3 is 9.47 Å². The van der Waals surface area contributed by atoms with E-state index in [4.69, 9.17) is 32.7 Å². The standard InChI is InChI=1S/C22H16Cl2N2O4/c23-16-7-11-17(12-8-16)29-14-21(27)26-25-13-15-5-9-18(10-6-15)30-22(28)19-3-1-2-4-20(19)24/h1-13H,14H2,(H,26,27). The Kier molecular flexibility index (Phi) is 7.43. The fraction of sp³-hybridized carbons (Fsp3) is 0.0455. The Hall–Kier alpha value is -3.35. The second kappa shape index (κ2) is 10.4. The number of esters is 1. The first-order chi connectivity index (χ1) is 14.5. The van der Waals surface area contributed by atoms with Gasteiger partial charge in [0.05, 0.1) is 16.8 Å². The third kappa shape index (κ3) is 6.34. The molecule has 0 heterocycles. The Morgan fingerprint density at radius 3 is 2.27 bits per heavy atom. The average Bonchev–Trinajstić information content (AvgIpc) is 2.75. The van der Waals surface area contributed by atoms with Crippen molar-refractivity contribution >= 4 is 41.3 Å². The summed E-state index contributed by atoms with van der Waals surface area (Å²) in [6.07, 6.45) is 1.46. The molecule has 0 unspecified atom stereocenters. The number of rotatable bonds is 7. The lowest BCUT2D eigenvalue weighted by Crippen LogP contribution is -2.24. The van der Waals surface area contributed by atoms with Crippen molar-refractivity contribution < 1.29 is 19.1 Å². The molecule has 0 bridgehead atoms. The molecule has 3 aromatic carbocycles. The van der Waals surface area contributed by atoms with Crippen LogP contribution in [0.1, 0.15) is 15.9 Å². The van der Waals surface area contributed by atoms with Crippen LogP contribution in [-0.2, 0) is 4.79 Å². The van der Waals surface area contributed by atoms with E-state index in [1.54, 1.807) is 72.8 Å². The lowest BCUT2D eigenvalue weighted by Gasteiger charge is -2.06. The Balaban J connectivity index is 1.47. The van der Waals surface area contributed by atoms with Crippen LogP contribution in [-0.4, -0.2) is 24.7 Å². The molecule has 3 aromatic rings. The second-order valence-electron chi connectivity index (χ2n) is 5.97. The summed E-state index contributed by atoms with van der Waals surface area (Å²) in [4.78, 5) is 23.9. The predicted octanol–water partition coefficient (Wildman–Crippen LogP) is 4.74. The zero-order chi connectivity index (χ0) is 21.3. The van der Waals surface area contributed by atoms with Gasteiger partial charge in [0.15, 0.2) is 6.61 Å². The van der Waals surface area contributed by atoms with E-state index in [0.29, 0.717) is 27.1 Å². The summed E-state index contributed by atoms with van der Waals surface area (Å²) in [6.45, 7) is -0.185. The lowest BCUT2D eigenvalue weighted by atomic mass is 10.2. The lowest BCUT2D eigenvalue weighted by molar-refractivity contribution is -0.123. The highest BCUT2D eigenvalue weighted by Gasteiger charge is 2.11. The van der Waals surface area contributed by atoms with Crippen LogP contribution in [0.3, 0.4) is 0 Å². The SMILES string of the molecule is O=C(COc1ccc(Cl)cc1)NN=Cc1ccc(OC(=O)c2ccccc2Cl)cc1. The predicted molar refractivity (Wildman–Crippen MR) is 116 cm³/mol. The van der Waals surface area contributed by atoms with Gasteiger partial charge in [0.1, 0.15) is 11.5 Å². The highest BCUT2D eigenvalue weighted by Crippen LogP contribution is 2.19. The van der Waals surface area contributed by atoms with Crippen LogP contribution in [0.2, 0.25) is 10.0 Å². The molecule has 0 aromatic heterocycles. The number of halogens is 2. The molecule has 30 heavy (non-hydrogen) atoms. The van der Waals surface area contributed by atoms with Crippen LogP contribution < -0.4 is 14.9 Å². The van der Waals surface area contributed by atoms with Crippen molar-refractivity contribution in [1.82, 2.24) is 5.43 Å². The molecule has 0 aliphatic heterocycles. The smallest absolute Gasteiger partial charge is 0.345 e. The molecule has 0 spiro atoms. The molecular weight excluding hydrogens is 427 g/mol. The molecule has 0 fully saturated rings. The summed E-state index contributed by atoms with van der Waals surface area (Å²) in [5.41, 5.74) is 3.35. The zero-order valence-corrected chi connectivity index (χ0v) is 17.1. The third-order valence-corrected chi connectivity index (χ3v) is 4.35. The number of ether oxygens (including phenoxy) is 2. The van der Waals surface area contributed by atoms with E-state index >= 15 is 0 Å². The number of benzene rings is 3. The maximum atomic E-state index is 12.1. The van der Waals surface area contributed by atoms with Crippen LogP contribution in [0.5, 0.6) is 11.5 Å². The summed E-state index contributed by atoms with van der Waals surface area (Å²) in [5, 5.41) is 4.77. The number of hydrogen-bond donors (Lipinski definition) is 1. The average molecular weight is 443 g/mol. The number of amides is 1. The van der Waals surface area contributed by atoms with Crippen molar-refractivity contribution in [3.63, 3.8) is 0 Å². The topological polar surface area (TPSA) is 77.0 Å². The monoisotopic (exact) mass is 442 g/mol. The van der Waals surface area contributed by atoms with Gasteiger partial charge in [-0.1, -0.05) is 35.3 Å². The van der Waals surface area contributed by atoms with Crippen LogP contribution in [0, 0.1) is 0 Å². The molecule has 3 rings (SSSR count). The van der Waals surface area contributed by atoms with E-state index in [2.05, 4.69) is 10.5 Å². The van der Waals surface area contributed by atoms with Gasteiger partial charge in [-0.3, -0.25) is 4.79 Å². The van der Waals surface area contributed by atoms with E-state index in [1.807, 2.05) is 0 Å². The van der Waals surface area contributed by atoms with E-state index < -0.39 is 11.9 Å². The second-order valence-corrected chi connectivity index (χ2v) is 6.82. The summed E-state index contributed by atoms with van der Waals surface area (Å²) in [6, 6.07) is 19.9. The van der Waals surface area contributed by atoms with E-state index in [-0.39, 0.29) is 12.2 Å². The van der Waals surface area contributed by atoms with Gasteiger partial charge in [-0.15, -0.1) is 0 Å². The minimum Gasteiger partial charge on any atom is -0.484 e. The van der Waals surface area contributed by atoms with Crippen molar-refractivity contribution in [1.29, 1.82) is 0 Å². The summed E-state index contributed by atoms with van der Waals surface area (Å²) < 4.78 is 10.6. The number of carbonyl (C=O) groups is 2. The van der Waals surface area contributed by atoms with Crippen molar-refractivity contribution in [2.45, 2.75) is 0 Å². The fourth-order valence-corrected chi connectivity index (χ4v) is 2.64. The normalized spacial score (nSPS) is 10.6. The van der Waals surface area contributed by atoms with Crippen LogP contribution in [0.4, 0.5) is 0 Å². The van der Waals surface area contributed by atoms with Crippen LogP contribution >= 0.6 is 23.2 Å². The maximum absolute atomic E-state index is 12.1. The van der Waals surface area contributed by atoms with E-state index in [9.17, 15) is 9.59 Å². The molecule has 152 valence electrons. The van der Waals surface area contributed by atoms with Crippen molar-refractivity contribution in [3.05, 3.63) is 94.0 Å². The van der Waals surface area contributed by atoms with Gasteiger partial charge in [0, 0.05) is 5.02 Å². The number of nitrogens with one attached hydrogen (secondary N) is 1. The summed E-state index contributed by atoms with van der Waals surface area (Å²) >= 11 is 11.8. The zero-order valence-electron chi connectivity index (χ0n) is 15.5. The molecular formula is C22H16Cl2N2O4.